The second kappa shape index (κ2) is 4.76. The molecule has 0 amide bonds. The molecular formula is C22H32Cl2Si2Zr. The second-order valence-corrected chi connectivity index (χ2v) is 118. The molecule has 0 nitrogen and oxygen atoms in total. The first kappa shape index (κ1) is 23.1. The molecule has 0 saturated carbocycles. The first-order chi connectivity index (χ1) is 11.1. The molecule has 4 rings (SSSR count). The van der Waals surface area contributed by atoms with Crippen LogP contribution in [-0.2, 0) is 11.6 Å². The van der Waals surface area contributed by atoms with Gasteiger partial charge < -0.3 is 0 Å². The van der Waals surface area contributed by atoms with E-state index in [0.717, 1.165) is 0 Å². The van der Waals surface area contributed by atoms with Crippen molar-refractivity contribution in [3.8, 4) is 0 Å². The predicted octanol–water partition coefficient (Wildman–Crippen LogP) is 5.95. The van der Waals surface area contributed by atoms with Crippen molar-refractivity contribution < 1.29 is 11.6 Å². The van der Waals surface area contributed by atoms with Gasteiger partial charge in [-0.2, -0.15) is 0 Å². The van der Waals surface area contributed by atoms with Gasteiger partial charge in [-0.1, -0.05) is 0 Å². The Morgan fingerprint density at radius 1 is 0.630 bits per heavy atom. The SMILES string of the molecule is Cl.Cl.[CH3][Zr]([CH3])([CH3])([CH3])(=[SiH2])(=[SiH2])([CH]1C=Cc2ccccc21)[CH]1C=Cc2ccccc21. The quantitative estimate of drug-likeness (QED) is 0.435. The third-order valence-corrected chi connectivity index (χ3v) is 38.5. The van der Waals surface area contributed by atoms with Gasteiger partial charge in [-0.15, -0.1) is 24.8 Å². The first-order valence-corrected chi connectivity index (χ1v) is 33.9. The van der Waals surface area contributed by atoms with E-state index in [9.17, 15) is 0 Å². The zero-order valence-corrected chi connectivity index (χ0v) is 23.7. The van der Waals surface area contributed by atoms with Gasteiger partial charge in [0.1, 0.15) is 0 Å². The predicted molar refractivity (Wildman–Crippen MR) is 131 cm³/mol. The normalized spacial score (nSPS) is 25.5. The van der Waals surface area contributed by atoms with Crippen LogP contribution in [0.2, 0.25) is 18.5 Å². The van der Waals surface area contributed by atoms with Gasteiger partial charge in [-0.05, 0) is 0 Å². The summed E-state index contributed by atoms with van der Waals surface area (Å²) in [6.45, 7) is 4.76. The average molecular weight is 515 g/mol. The monoisotopic (exact) mass is 512 g/mol. The van der Waals surface area contributed by atoms with Crippen LogP contribution in [0.5, 0.6) is 0 Å². The van der Waals surface area contributed by atoms with Crippen LogP contribution in [0, 0.1) is 0 Å². The van der Waals surface area contributed by atoms with Crippen molar-refractivity contribution in [1.82, 2.24) is 0 Å². The molecule has 2 aromatic carbocycles. The molecule has 2 atom stereocenters. The number of hydrogen-bond acceptors (Lipinski definition) is 0. The molecule has 0 saturated heterocycles. The van der Waals surface area contributed by atoms with Crippen LogP contribution in [0.1, 0.15) is 29.5 Å². The second-order valence-electron chi connectivity index (χ2n) is 14.3. The Balaban J connectivity index is 0.00000131. The van der Waals surface area contributed by atoms with Crippen LogP contribution in [0.4, 0.5) is 0 Å². The Morgan fingerprint density at radius 2 is 0.963 bits per heavy atom. The molecule has 0 spiro atoms. The summed E-state index contributed by atoms with van der Waals surface area (Å²) in [5, 5.41) is 0. The molecule has 5 heteroatoms. The fourth-order valence-electron chi connectivity index (χ4n) is 5.71. The summed E-state index contributed by atoms with van der Waals surface area (Å²) in [7, 11) is 0. The van der Waals surface area contributed by atoms with Gasteiger partial charge in [0.15, 0.2) is 0 Å². The van der Waals surface area contributed by atoms with Crippen LogP contribution in [-0.4, -0.2) is 13.8 Å². The number of fused-ring (bicyclic) bond motifs is 2. The average Bonchev–Trinajstić information content (AvgIpc) is 3.11. The number of allylic oxidation sites excluding steroid dienone is 2. The summed E-state index contributed by atoms with van der Waals surface area (Å²) < 4.78 is 11.7. The van der Waals surface area contributed by atoms with Crippen LogP contribution >= 0.6 is 24.8 Å². The van der Waals surface area contributed by atoms with Crippen molar-refractivity contribution in [2.45, 2.75) is 25.8 Å². The van der Waals surface area contributed by atoms with Crippen LogP contribution in [0.3, 0.4) is 0 Å². The first-order valence-electron chi connectivity index (χ1n) is 9.43. The number of rotatable bonds is 2. The van der Waals surface area contributed by atoms with Crippen molar-refractivity contribution in [1.29, 1.82) is 0 Å². The van der Waals surface area contributed by atoms with Crippen LogP contribution < -0.4 is 0 Å². The van der Waals surface area contributed by atoms with E-state index in [1.165, 1.54) is 22.3 Å². The van der Waals surface area contributed by atoms with Gasteiger partial charge >= 0.3 is 146 Å². The topological polar surface area (TPSA) is 0 Å². The van der Waals surface area contributed by atoms with Crippen LogP contribution in [0.15, 0.2) is 60.7 Å². The molecule has 2 aromatic rings. The zero-order valence-electron chi connectivity index (χ0n) is 16.8. The maximum atomic E-state index is 2.69. The Labute approximate surface area is 169 Å². The fraction of sp³-hybridized carbons (Fsp3) is 0.273. The molecule has 0 radical (unpaired) electrons. The number of hydrogen-bond donors (Lipinski definition) is 0. The summed E-state index contributed by atoms with van der Waals surface area (Å²) in [6, 6.07) is 18.0. The molecule has 2 aliphatic carbocycles. The van der Waals surface area contributed by atoms with Gasteiger partial charge in [0.2, 0.25) is 0 Å². The maximum absolute atomic E-state index is 4.74. The molecule has 146 valence electrons. The van der Waals surface area contributed by atoms with Crippen molar-refractivity contribution in [2.75, 3.05) is 0 Å². The minimum atomic E-state index is -4.74. The molecule has 0 aromatic heterocycles. The van der Waals surface area contributed by atoms with E-state index < -0.39 is 11.6 Å². The summed E-state index contributed by atoms with van der Waals surface area (Å²) in [4.78, 5) is 0. The molecule has 0 bridgehead atoms. The van der Waals surface area contributed by atoms with E-state index in [2.05, 4.69) is 105 Å². The molecule has 27 heavy (non-hydrogen) atoms. The van der Waals surface area contributed by atoms with Crippen molar-refractivity contribution in [2.24, 2.45) is 0 Å². The van der Waals surface area contributed by atoms with E-state index in [-0.39, 0.29) is 24.8 Å². The molecule has 2 aliphatic rings. The Kier molecular flexibility index (Phi) is 4.07. The summed E-state index contributed by atoms with van der Waals surface area (Å²) in [6.07, 6.45) is 9.75. The van der Waals surface area contributed by atoms with E-state index >= 15 is 0 Å². The summed E-state index contributed by atoms with van der Waals surface area (Å²) in [5.74, 6) is 0. The Bertz CT molecular complexity index is 1190. The van der Waals surface area contributed by atoms with Crippen molar-refractivity contribution in [3.63, 3.8) is 0 Å². The third-order valence-electron chi connectivity index (χ3n) is 7.33. The summed E-state index contributed by atoms with van der Waals surface area (Å²) >= 11 is -4.74. The molecule has 0 N–H and O–H groups in total. The molecule has 0 aliphatic heterocycles. The molecule has 0 fully saturated rings. The fourth-order valence-corrected chi connectivity index (χ4v) is 31.7. The van der Waals surface area contributed by atoms with Crippen molar-refractivity contribution in [3.05, 3.63) is 82.9 Å². The third kappa shape index (κ3) is 3.18. The Hall–Kier alpha value is -0.183. The van der Waals surface area contributed by atoms with Gasteiger partial charge in [0.25, 0.3) is 0 Å². The van der Waals surface area contributed by atoms with Gasteiger partial charge in [-0.25, -0.2) is 0 Å². The Morgan fingerprint density at radius 3 is 1.33 bits per heavy atom. The summed E-state index contributed by atoms with van der Waals surface area (Å²) in [5.41, 5.74) is 5.84. The van der Waals surface area contributed by atoms with Gasteiger partial charge in [-0.3, -0.25) is 0 Å². The molecule has 2 unspecified atom stereocenters. The molecule has 0 heterocycles. The molecular weight excluding hydrogens is 483 g/mol. The van der Waals surface area contributed by atoms with Crippen LogP contribution in [0.25, 0.3) is 12.2 Å². The van der Waals surface area contributed by atoms with E-state index in [4.69, 9.17) is 0 Å². The number of halogens is 2. The van der Waals surface area contributed by atoms with Crippen molar-refractivity contribution >= 4 is 50.7 Å². The van der Waals surface area contributed by atoms with E-state index in [1.54, 1.807) is 0 Å². The standard InChI is InChI=1S/2C9H7.4CH3.2ClH.2H2Si.Zr/c2*1-2-5-9-7-3-6-8(9)4-1;;;;;;;;;/h2*1-7H;4*1H3;2*1H;2*1H2;. The van der Waals surface area contributed by atoms with Gasteiger partial charge in [0.05, 0.1) is 0 Å². The minimum absolute atomic E-state index is 0. The van der Waals surface area contributed by atoms with E-state index in [1.807, 2.05) is 0 Å². The number of benzene rings is 2. The van der Waals surface area contributed by atoms with Gasteiger partial charge in [0, 0.05) is 0 Å². The van der Waals surface area contributed by atoms with E-state index in [0.29, 0.717) is 7.25 Å². The zero-order chi connectivity index (χ0) is 18.3.